The van der Waals surface area contributed by atoms with Crippen LogP contribution in [-0.2, 0) is 13.1 Å². The van der Waals surface area contributed by atoms with Crippen LogP contribution in [0.5, 0.6) is 0 Å². The molecule has 0 saturated heterocycles. The zero-order chi connectivity index (χ0) is 15.0. The summed E-state index contributed by atoms with van der Waals surface area (Å²) in [6, 6.07) is 7.20. The van der Waals surface area contributed by atoms with E-state index in [4.69, 9.17) is 16.7 Å². The molecule has 1 aromatic carbocycles. The van der Waals surface area contributed by atoms with Gasteiger partial charge in [0.15, 0.2) is 5.69 Å². The molecule has 21 heavy (non-hydrogen) atoms. The lowest BCUT2D eigenvalue weighted by Crippen LogP contribution is -2.40. The van der Waals surface area contributed by atoms with Crippen LogP contribution in [-0.4, -0.2) is 43.4 Å². The molecule has 1 aromatic heterocycles. The molecule has 108 valence electrons. The molecule has 0 spiro atoms. The number of amides is 1. The first-order chi connectivity index (χ1) is 10.1. The highest BCUT2D eigenvalue weighted by atomic mass is 35.5. The number of carboxylic acids is 1. The summed E-state index contributed by atoms with van der Waals surface area (Å²) < 4.78 is 1.33. The fraction of sp³-hybridized carbons (Fsp3) is 0.231. The van der Waals surface area contributed by atoms with Gasteiger partial charge in [-0.1, -0.05) is 28.9 Å². The van der Waals surface area contributed by atoms with Crippen LogP contribution in [0.1, 0.15) is 26.5 Å². The zero-order valence-corrected chi connectivity index (χ0v) is 11.6. The van der Waals surface area contributed by atoms with Crippen molar-refractivity contribution < 1.29 is 14.7 Å². The molecule has 1 aliphatic rings. The molecule has 0 saturated carbocycles. The van der Waals surface area contributed by atoms with Gasteiger partial charge in [-0.25, -0.2) is 9.48 Å². The molecule has 0 bridgehead atoms. The fourth-order valence-corrected chi connectivity index (χ4v) is 2.51. The predicted octanol–water partition coefficient (Wildman–Crippen LogP) is 1.29. The standard InChI is InChI=1S/C13H11ClN4O3/c14-9-3-1-2-8(6-9)7-17-4-5-18-11(12(17)19)10(13(20)21)15-16-18/h1-3,6H,4-5,7H2,(H,20,21). The van der Waals surface area contributed by atoms with Gasteiger partial charge in [0, 0.05) is 18.1 Å². The molecule has 1 aliphatic heterocycles. The Kier molecular flexibility index (Phi) is 3.34. The van der Waals surface area contributed by atoms with E-state index in [-0.39, 0.29) is 17.3 Å². The second-order valence-electron chi connectivity index (χ2n) is 4.67. The summed E-state index contributed by atoms with van der Waals surface area (Å²) in [5.74, 6) is -1.64. The van der Waals surface area contributed by atoms with E-state index in [2.05, 4.69) is 10.3 Å². The molecule has 0 aliphatic carbocycles. The molecule has 0 fully saturated rings. The van der Waals surface area contributed by atoms with Crippen molar-refractivity contribution in [2.75, 3.05) is 6.54 Å². The normalized spacial score (nSPS) is 14.1. The average molecular weight is 307 g/mol. The summed E-state index contributed by atoms with van der Waals surface area (Å²) in [6.07, 6.45) is 0. The maximum atomic E-state index is 12.4. The summed E-state index contributed by atoms with van der Waals surface area (Å²) >= 11 is 5.92. The molecule has 8 heteroatoms. The third-order valence-electron chi connectivity index (χ3n) is 3.27. The molecule has 7 nitrogen and oxygen atoms in total. The van der Waals surface area contributed by atoms with E-state index >= 15 is 0 Å². The monoisotopic (exact) mass is 306 g/mol. The lowest BCUT2D eigenvalue weighted by molar-refractivity contribution is 0.0641. The summed E-state index contributed by atoms with van der Waals surface area (Å²) in [5, 5.41) is 16.9. The van der Waals surface area contributed by atoms with E-state index in [1.807, 2.05) is 6.07 Å². The van der Waals surface area contributed by atoms with Gasteiger partial charge < -0.3 is 10.0 Å². The van der Waals surface area contributed by atoms with Crippen molar-refractivity contribution in [1.29, 1.82) is 0 Å². The lowest BCUT2D eigenvalue weighted by atomic mass is 10.1. The van der Waals surface area contributed by atoms with Gasteiger partial charge in [-0.05, 0) is 17.7 Å². The highest BCUT2D eigenvalue weighted by molar-refractivity contribution is 6.30. The van der Waals surface area contributed by atoms with E-state index in [1.165, 1.54) is 4.68 Å². The number of hydrogen-bond donors (Lipinski definition) is 1. The minimum atomic E-state index is -1.26. The molecule has 2 heterocycles. The fourth-order valence-electron chi connectivity index (χ4n) is 2.30. The van der Waals surface area contributed by atoms with Crippen LogP contribution in [0.2, 0.25) is 5.02 Å². The number of nitrogens with zero attached hydrogens (tertiary/aromatic N) is 4. The molecule has 1 N–H and O–H groups in total. The van der Waals surface area contributed by atoms with Crippen LogP contribution in [0.25, 0.3) is 0 Å². The second-order valence-corrected chi connectivity index (χ2v) is 5.11. The van der Waals surface area contributed by atoms with Gasteiger partial charge in [-0.3, -0.25) is 4.79 Å². The van der Waals surface area contributed by atoms with Crippen LogP contribution in [0.4, 0.5) is 0 Å². The Morgan fingerprint density at radius 2 is 2.19 bits per heavy atom. The maximum Gasteiger partial charge on any atom is 0.358 e. The number of carbonyl (C=O) groups is 2. The number of rotatable bonds is 3. The second kappa shape index (κ2) is 5.17. The summed E-state index contributed by atoms with van der Waals surface area (Å²) in [4.78, 5) is 25.1. The number of carbonyl (C=O) groups excluding carboxylic acids is 1. The van der Waals surface area contributed by atoms with E-state index in [0.717, 1.165) is 5.56 Å². The van der Waals surface area contributed by atoms with E-state index < -0.39 is 5.97 Å². The molecular weight excluding hydrogens is 296 g/mol. The maximum absolute atomic E-state index is 12.4. The van der Waals surface area contributed by atoms with Crippen molar-refractivity contribution >= 4 is 23.5 Å². The van der Waals surface area contributed by atoms with Gasteiger partial charge in [-0.15, -0.1) is 5.10 Å². The lowest BCUT2D eigenvalue weighted by Gasteiger charge is -2.27. The van der Waals surface area contributed by atoms with Crippen molar-refractivity contribution in [2.24, 2.45) is 0 Å². The zero-order valence-electron chi connectivity index (χ0n) is 10.9. The highest BCUT2D eigenvalue weighted by Gasteiger charge is 2.32. The number of carboxylic acid groups (broad SMARTS) is 1. The minimum absolute atomic E-state index is 0.0239. The quantitative estimate of drug-likeness (QED) is 0.923. The number of aromatic nitrogens is 3. The Hall–Kier alpha value is -2.41. The minimum Gasteiger partial charge on any atom is -0.476 e. The van der Waals surface area contributed by atoms with Gasteiger partial charge in [0.25, 0.3) is 5.91 Å². The van der Waals surface area contributed by atoms with Crippen LogP contribution in [0, 0.1) is 0 Å². The van der Waals surface area contributed by atoms with Gasteiger partial charge in [0.05, 0.1) is 6.54 Å². The van der Waals surface area contributed by atoms with Crippen LogP contribution in [0.3, 0.4) is 0 Å². The third-order valence-corrected chi connectivity index (χ3v) is 3.51. The molecule has 3 rings (SSSR count). The third kappa shape index (κ3) is 2.47. The largest absolute Gasteiger partial charge is 0.476 e. The van der Waals surface area contributed by atoms with E-state index in [1.54, 1.807) is 23.1 Å². The Morgan fingerprint density at radius 3 is 2.90 bits per heavy atom. The van der Waals surface area contributed by atoms with Crippen molar-refractivity contribution in [3.05, 3.63) is 46.2 Å². The first kappa shape index (κ1) is 13.6. The number of aromatic carboxylic acids is 1. The first-order valence-electron chi connectivity index (χ1n) is 6.27. The molecule has 2 aromatic rings. The van der Waals surface area contributed by atoms with E-state index in [0.29, 0.717) is 24.7 Å². The van der Waals surface area contributed by atoms with E-state index in [9.17, 15) is 9.59 Å². The number of benzene rings is 1. The van der Waals surface area contributed by atoms with Gasteiger partial charge in [0.1, 0.15) is 0 Å². The molecule has 1 amide bonds. The highest BCUT2D eigenvalue weighted by Crippen LogP contribution is 2.18. The number of fused-ring (bicyclic) bond motifs is 1. The van der Waals surface area contributed by atoms with Crippen molar-refractivity contribution in [3.63, 3.8) is 0 Å². The van der Waals surface area contributed by atoms with Gasteiger partial charge >= 0.3 is 5.97 Å². The molecule has 0 radical (unpaired) electrons. The smallest absolute Gasteiger partial charge is 0.358 e. The SMILES string of the molecule is O=C(O)c1nnn2c1C(=O)N(Cc1cccc(Cl)c1)CC2. The molecule has 0 atom stereocenters. The Morgan fingerprint density at radius 1 is 1.38 bits per heavy atom. The van der Waals surface area contributed by atoms with Crippen LogP contribution in [0.15, 0.2) is 24.3 Å². The Balaban J connectivity index is 1.88. The van der Waals surface area contributed by atoms with Crippen molar-refractivity contribution in [1.82, 2.24) is 19.9 Å². The molecular formula is C13H11ClN4O3. The molecule has 0 unspecified atom stereocenters. The Labute approximate surface area is 124 Å². The van der Waals surface area contributed by atoms with Crippen molar-refractivity contribution in [2.45, 2.75) is 13.1 Å². The summed E-state index contributed by atoms with van der Waals surface area (Å²) in [5.41, 5.74) is 0.597. The number of hydrogen-bond acceptors (Lipinski definition) is 4. The first-order valence-corrected chi connectivity index (χ1v) is 6.64. The summed E-state index contributed by atoms with van der Waals surface area (Å²) in [7, 11) is 0. The topological polar surface area (TPSA) is 88.3 Å². The van der Waals surface area contributed by atoms with Crippen LogP contribution < -0.4 is 0 Å². The van der Waals surface area contributed by atoms with Crippen molar-refractivity contribution in [3.8, 4) is 0 Å². The van der Waals surface area contributed by atoms with Crippen LogP contribution >= 0.6 is 11.6 Å². The average Bonchev–Trinajstić information content (AvgIpc) is 2.87. The van der Waals surface area contributed by atoms with Gasteiger partial charge in [0.2, 0.25) is 5.69 Å². The number of halogens is 1. The Bertz CT molecular complexity index is 728. The van der Waals surface area contributed by atoms with Gasteiger partial charge in [-0.2, -0.15) is 0 Å². The predicted molar refractivity (Wildman–Crippen MR) is 73.2 cm³/mol. The summed E-state index contributed by atoms with van der Waals surface area (Å²) in [6.45, 7) is 1.23.